The normalized spacial score (nSPS) is 11.5. The van der Waals surface area contributed by atoms with Crippen molar-refractivity contribution in [2.75, 3.05) is 10.6 Å². The second-order valence-electron chi connectivity index (χ2n) is 6.51. The van der Waals surface area contributed by atoms with E-state index in [0.29, 0.717) is 11.4 Å². The van der Waals surface area contributed by atoms with Gasteiger partial charge in [-0.2, -0.15) is 0 Å². The lowest BCUT2D eigenvalue weighted by molar-refractivity contribution is -0.127. The average Bonchev–Trinajstić information content (AvgIpc) is 2.60. The number of nitrogens with one attached hydrogen (secondary N) is 3. The molecule has 1 unspecified atom stereocenters. The van der Waals surface area contributed by atoms with Crippen LogP contribution in [0.3, 0.4) is 0 Å². The van der Waals surface area contributed by atoms with Gasteiger partial charge in [0.05, 0.1) is 6.42 Å². The molecule has 27 heavy (non-hydrogen) atoms. The van der Waals surface area contributed by atoms with Gasteiger partial charge in [0.25, 0.3) is 0 Å². The Morgan fingerprint density at radius 2 is 1.56 bits per heavy atom. The minimum atomic E-state index is -0.688. The molecule has 1 atom stereocenters. The van der Waals surface area contributed by atoms with Gasteiger partial charge >= 0.3 is 6.03 Å². The van der Waals surface area contributed by atoms with E-state index in [-0.39, 0.29) is 24.2 Å². The Balaban J connectivity index is 2.02. The van der Waals surface area contributed by atoms with Crippen LogP contribution in [0.4, 0.5) is 16.2 Å². The zero-order chi connectivity index (χ0) is 19.8. The van der Waals surface area contributed by atoms with Gasteiger partial charge in [0.2, 0.25) is 11.8 Å². The van der Waals surface area contributed by atoms with E-state index in [1.807, 2.05) is 44.2 Å². The lowest BCUT2D eigenvalue weighted by Crippen LogP contribution is -2.47. The molecule has 4 amide bonds. The van der Waals surface area contributed by atoms with Crippen LogP contribution in [0, 0.1) is 5.92 Å². The van der Waals surface area contributed by atoms with Gasteiger partial charge in [0, 0.05) is 11.4 Å². The van der Waals surface area contributed by atoms with E-state index in [4.69, 9.17) is 5.73 Å². The first kappa shape index (κ1) is 20.0. The molecule has 0 radical (unpaired) electrons. The summed E-state index contributed by atoms with van der Waals surface area (Å²) in [6.45, 7) is 3.72. The molecule has 0 heterocycles. The summed E-state index contributed by atoms with van der Waals surface area (Å²) in [6, 6.07) is 14.6. The van der Waals surface area contributed by atoms with Crippen LogP contribution in [0.25, 0.3) is 0 Å². The quantitative estimate of drug-likeness (QED) is 0.602. The molecule has 0 saturated carbocycles. The van der Waals surface area contributed by atoms with Crippen LogP contribution in [0.1, 0.15) is 19.4 Å². The van der Waals surface area contributed by atoms with Crippen LogP contribution < -0.4 is 21.7 Å². The first-order valence-corrected chi connectivity index (χ1v) is 8.66. The van der Waals surface area contributed by atoms with Gasteiger partial charge in [0.15, 0.2) is 0 Å². The SMILES string of the molecule is CC(C)C(NC(=O)Cc1ccccc1)C(=O)Nc1cccc(NC(N)=O)c1. The standard InChI is InChI=1S/C20H24N4O3/c1-13(2)18(24-17(25)11-14-7-4-3-5-8-14)19(26)22-15-9-6-10-16(12-15)23-20(21)27/h3-10,12-13,18H,11H2,1-2H3,(H,22,26)(H,24,25)(H3,21,23,27). The third-order valence-corrected chi connectivity index (χ3v) is 3.87. The van der Waals surface area contributed by atoms with E-state index in [1.54, 1.807) is 24.3 Å². The van der Waals surface area contributed by atoms with E-state index in [0.717, 1.165) is 5.56 Å². The number of rotatable bonds is 7. The molecule has 2 aromatic carbocycles. The molecule has 0 aromatic heterocycles. The van der Waals surface area contributed by atoms with Crippen molar-refractivity contribution in [1.29, 1.82) is 0 Å². The first-order valence-electron chi connectivity index (χ1n) is 8.66. The van der Waals surface area contributed by atoms with Gasteiger partial charge in [-0.05, 0) is 29.7 Å². The van der Waals surface area contributed by atoms with Crippen LogP contribution in [-0.4, -0.2) is 23.9 Å². The van der Waals surface area contributed by atoms with Gasteiger partial charge < -0.3 is 21.7 Å². The average molecular weight is 368 g/mol. The molecule has 7 nitrogen and oxygen atoms in total. The number of hydrogen-bond acceptors (Lipinski definition) is 3. The fraction of sp³-hybridized carbons (Fsp3) is 0.250. The number of nitrogens with two attached hydrogens (primary N) is 1. The lowest BCUT2D eigenvalue weighted by atomic mass is 10.0. The minimum absolute atomic E-state index is 0.100. The third-order valence-electron chi connectivity index (χ3n) is 3.87. The van der Waals surface area contributed by atoms with E-state index < -0.39 is 12.1 Å². The van der Waals surface area contributed by atoms with Crippen molar-refractivity contribution in [1.82, 2.24) is 5.32 Å². The van der Waals surface area contributed by atoms with Crippen molar-refractivity contribution in [2.24, 2.45) is 11.7 Å². The predicted molar refractivity (Wildman–Crippen MR) is 105 cm³/mol. The maximum absolute atomic E-state index is 12.6. The highest BCUT2D eigenvalue weighted by Crippen LogP contribution is 2.16. The lowest BCUT2D eigenvalue weighted by Gasteiger charge is -2.22. The Hall–Kier alpha value is -3.35. The van der Waals surface area contributed by atoms with E-state index in [1.165, 1.54) is 0 Å². The van der Waals surface area contributed by atoms with Crippen molar-refractivity contribution < 1.29 is 14.4 Å². The molecule has 2 aromatic rings. The van der Waals surface area contributed by atoms with Crippen molar-refractivity contribution in [3.05, 3.63) is 60.2 Å². The zero-order valence-corrected chi connectivity index (χ0v) is 15.4. The molecule has 0 fully saturated rings. The van der Waals surface area contributed by atoms with Gasteiger partial charge in [-0.3, -0.25) is 9.59 Å². The van der Waals surface area contributed by atoms with Crippen LogP contribution >= 0.6 is 0 Å². The highest BCUT2D eigenvalue weighted by molar-refractivity contribution is 5.98. The molecule has 142 valence electrons. The highest BCUT2D eigenvalue weighted by Gasteiger charge is 2.24. The maximum atomic E-state index is 12.6. The second-order valence-corrected chi connectivity index (χ2v) is 6.51. The molecule has 5 N–H and O–H groups in total. The zero-order valence-electron chi connectivity index (χ0n) is 15.4. The first-order chi connectivity index (χ1) is 12.8. The van der Waals surface area contributed by atoms with Gasteiger partial charge in [-0.15, -0.1) is 0 Å². The minimum Gasteiger partial charge on any atom is -0.351 e. The molecule has 0 aliphatic rings. The Bertz CT molecular complexity index is 806. The summed E-state index contributed by atoms with van der Waals surface area (Å²) < 4.78 is 0. The summed E-state index contributed by atoms with van der Waals surface area (Å²) in [5.74, 6) is -0.654. The molecule has 0 aliphatic heterocycles. The fourth-order valence-corrected chi connectivity index (χ4v) is 2.58. The van der Waals surface area contributed by atoms with Gasteiger partial charge in [-0.25, -0.2) is 4.79 Å². The van der Waals surface area contributed by atoms with Crippen molar-refractivity contribution in [2.45, 2.75) is 26.3 Å². The van der Waals surface area contributed by atoms with E-state index >= 15 is 0 Å². The summed E-state index contributed by atoms with van der Waals surface area (Å²) in [4.78, 5) is 35.9. The third kappa shape index (κ3) is 6.47. The summed E-state index contributed by atoms with van der Waals surface area (Å²) in [6.07, 6.45) is 0.204. The summed E-state index contributed by atoms with van der Waals surface area (Å²) in [7, 11) is 0. The number of carbonyl (C=O) groups is 3. The van der Waals surface area contributed by atoms with Crippen LogP contribution in [0.5, 0.6) is 0 Å². The van der Waals surface area contributed by atoms with E-state index in [2.05, 4.69) is 16.0 Å². The maximum Gasteiger partial charge on any atom is 0.316 e. The number of primary amides is 1. The molecular weight excluding hydrogens is 344 g/mol. The Labute approximate surface area is 158 Å². The smallest absolute Gasteiger partial charge is 0.316 e. The highest BCUT2D eigenvalue weighted by atomic mass is 16.2. The van der Waals surface area contributed by atoms with E-state index in [9.17, 15) is 14.4 Å². The fourth-order valence-electron chi connectivity index (χ4n) is 2.58. The largest absolute Gasteiger partial charge is 0.351 e. The number of benzene rings is 2. The summed E-state index contributed by atoms with van der Waals surface area (Å²) in [5.41, 5.74) is 6.94. The van der Waals surface area contributed by atoms with Crippen LogP contribution in [0.15, 0.2) is 54.6 Å². The number of urea groups is 1. The molecule has 2 rings (SSSR count). The van der Waals surface area contributed by atoms with Gasteiger partial charge in [0.1, 0.15) is 6.04 Å². The Morgan fingerprint density at radius 3 is 2.15 bits per heavy atom. The van der Waals surface area contributed by atoms with Crippen molar-refractivity contribution >= 4 is 29.2 Å². The monoisotopic (exact) mass is 368 g/mol. The second kappa shape index (κ2) is 9.38. The van der Waals surface area contributed by atoms with Crippen molar-refractivity contribution in [3.8, 4) is 0 Å². The molecule has 7 heteroatoms. The molecule has 0 aliphatic carbocycles. The molecular formula is C20H24N4O3. The number of carbonyl (C=O) groups excluding carboxylic acids is 3. The van der Waals surface area contributed by atoms with Crippen LogP contribution in [-0.2, 0) is 16.0 Å². The summed E-state index contributed by atoms with van der Waals surface area (Å²) >= 11 is 0. The number of amides is 4. The Kier molecular flexibility index (Phi) is 6.93. The van der Waals surface area contributed by atoms with Gasteiger partial charge in [-0.1, -0.05) is 50.2 Å². The number of hydrogen-bond donors (Lipinski definition) is 4. The summed E-state index contributed by atoms with van der Waals surface area (Å²) in [5, 5.41) is 8.00. The Morgan fingerprint density at radius 1 is 0.926 bits per heavy atom. The van der Waals surface area contributed by atoms with Crippen molar-refractivity contribution in [3.63, 3.8) is 0 Å². The molecule has 0 saturated heterocycles. The molecule has 0 bridgehead atoms. The van der Waals surface area contributed by atoms with Crippen LogP contribution in [0.2, 0.25) is 0 Å². The molecule has 0 spiro atoms. The predicted octanol–water partition coefficient (Wildman–Crippen LogP) is 2.50. The topological polar surface area (TPSA) is 113 Å². The number of anilines is 2.